The van der Waals surface area contributed by atoms with Gasteiger partial charge >= 0.3 is 5.97 Å². The van der Waals surface area contributed by atoms with Crippen molar-refractivity contribution in [3.05, 3.63) is 63.3 Å². The third-order valence-corrected chi connectivity index (χ3v) is 5.09. The van der Waals surface area contributed by atoms with Crippen LogP contribution >= 0.6 is 22.7 Å². The number of ether oxygens (including phenoxy) is 1. The first-order chi connectivity index (χ1) is 10.7. The van der Waals surface area contributed by atoms with Gasteiger partial charge in [0.15, 0.2) is 0 Å². The second-order valence-corrected chi connectivity index (χ2v) is 6.60. The highest BCUT2D eigenvalue weighted by atomic mass is 32.1. The van der Waals surface area contributed by atoms with E-state index >= 15 is 0 Å². The number of esters is 1. The molecule has 0 atom stereocenters. The van der Waals surface area contributed by atoms with E-state index in [9.17, 15) is 4.79 Å². The van der Waals surface area contributed by atoms with E-state index in [-0.39, 0.29) is 5.97 Å². The molecule has 2 heterocycles. The van der Waals surface area contributed by atoms with E-state index in [1.54, 1.807) is 11.3 Å². The summed E-state index contributed by atoms with van der Waals surface area (Å²) in [6.07, 6.45) is 0.724. The Bertz CT molecular complexity index is 748. The maximum Gasteiger partial charge on any atom is 0.350 e. The molecular formula is C17H15NO2S2. The molecule has 0 aliphatic heterocycles. The van der Waals surface area contributed by atoms with E-state index in [1.165, 1.54) is 11.3 Å². The van der Waals surface area contributed by atoms with Crippen LogP contribution < -0.4 is 0 Å². The molecule has 0 spiro atoms. The first-order valence-corrected chi connectivity index (χ1v) is 8.71. The second kappa shape index (κ2) is 6.85. The predicted molar refractivity (Wildman–Crippen MR) is 90.6 cm³/mol. The molecule has 0 unspecified atom stereocenters. The number of benzene rings is 1. The molecule has 2 aromatic heterocycles. The summed E-state index contributed by atoms with van der Waals surface area (Å²) in [6, 6.07) is 12.0. The number of carbonyl (C=O) groups excluding carboxylic acids is 1. The van der Waals surface area contributed by atoms with Crippen LogP contribution in [-0.2, 0) is 11.2 Å². The third-order valence-electron chi connectivity index (χ3n) is 3.22. The number of thiophene rings is 1. The van der Waals surface area contributed by atoms with Gasteiger partial charge in [-0.1, -0.05) is 30.3 Å². The predicted octanol–water partition coefficient (Wildman–Crippen LogP) is 4.58. The van der Waals surface area contributed by atoms with Crippen molar-refractivity contribution in [2.45, 2.75) is 13.3 Å². The molecule has 0 aliphatic carbocycles. The number of hydrogen-bond acceptors (Lipinski definition) is 5. The topological polar surface area (TPSA) is 39.2 Å². The number of carbonyl (C=O) groups is 1. The van der Waals surface area contributed by atoms with Gasteiger partial charge in [0.25, 0.3) is 0 Å². The van der Waals surface area contributed by atoms with Gasteiger partial charge in [-0.05, 0) is 23.9 Å². The van der Waals surface area contributed by atoms with Crippen LogP contribution in [0.4, 0.5) is 0 Å². The van der Waals surface area contributed by atoms with Gasteiger partial charge in [0.1, 0.15) is 9.88 Å². The van der Waals surface area contributed by atoms with Crippen molar-refractivity contribution in [2.75, 3.05) is 6.61 Å². The Hall–Kier alpha value is -1.98. The smallest absolute Gasteiger partial charge is 0.350 e. The largest absolute Gasteiger partial charge is 0.461 e. The quantitative estimate of drug-likeness (QED) is 0.643. The Morgan fingerprint density at radius 3 is 2.77 bits per heavy atom. The van der Waals surface area contributed by atoms with E-state index in [1.807, 2.05) is 54.1 Å². The molecule has 112 valence electrons. The molecule has 0 saturated heterocycles. The van der Waals surface area contributed by atoms with Gasteiger partial charge < -0.3 is 4.74 Å². The lowest BCUT2D eigenvalue weighted by Gasteiger charge is -2.03. The number of nitrogens with zero attached hydrogens (tertiary/aromatic N) is 1. The Balaban J connectivity index is 1.63. The number of aromatic nitrogens is 1. The number of hydrogen-bond donors (Lipinski definition) is 0. The fourth-order valence-corrected chi connectivity index (χ4v) is 3.74. The van der Waals surface area contributed by atoms with Crippen molar-refractivity contribution in [1.29, 1.82) is 0 Å². The van der Waals surface area contributed by atoms with Crippen LogP contribution in [0.5, 0.6) is 0 Å². The Morgan fingerprint density at radius 1 is 1.23 bits per heavy atom. The van der Waals surface area contributed by atoms with Gasteiger partial charge in [0, 0.05) is 17.4 Å². The summed E-state index contributed by atoms with van der Waals surface area (Å²) in [6.45, 7) is 2.23. The number of rotatable bonds is 5. The minimum atomic E-state index is -0.285. The van der Waals surface area contributed by atoms with Gasteiger partial charge in [-0.15, -0.1) is 11.3 Å². The Morgan fingerprint density at radius 2 is 2.05 bits per heavy atom. The van der Waals surface area contributed by atoms with Crippen molar-refractivity contribution in [1.82, 2.24) is 4.98 Å². The molecule has 0 N–H and O–H groups in total. The Labute approximate surface area is 137 Å². The van der Waals surface area contributed by atoms with Crippen molar-refractivity contribution >= 4 is 28.6 Å². The average Bonchev–Trinajstić information content (AvgIpc) is 3.17. The fourth-order valence-electron chi connectivity index (χ4n) is 2.07. The zero-order chi connectivity index (χ0) is 15.4. The summed E-state index contributed by atoms with van der Waals surface area (Å²) in [5.41, 5.74) is 2.95. The highest BCUT2D eigenvalue weighted by Gasteiger charge is 2.17. The lowest BCUT2D eigenvalue weighted by atomic mass is 10.2. The molecule has 3 rings (SSSR count). The van der Waals surface area contributed by atoms with Crippen LogP contribution in [0.2, 0.25) is 0 Å². The summed E-state index contributed by atoms with van der Waals surface area (Å²) in [5, 5.41) is 4.90. The molecule has 0 saturated carbocycles. The van der Waals surface area contributed by atoms with Crippen molar-refractivity contribution < 1.29 is 9.53 Å². The van der Waals surface area contributed by atoms with E-state index in [4.69, 9.17) is 4.74 Å². The van der Waals surface area contributed by atoms with Crippen LogP contribution in [0.1, 0.15) is 20.9 Å². The normalized spacial score (nSPS) is 10.6. The van der Waals surface area contributed by atoms with Crippen molar-refractivity contribution in [2.24, 2.45) is 0 Å². The maximum absolute atomic E-state index is 12.2. The minimum absolute atomic E-state index is 0.285. The van der Waals surface area contributed by atoms with Crippen molar-refractivity contribution in [3.8, 4) is 10.6 Å². The third kappa shape index (κ3) is 3.43. The first kappa shape index (κ1) is 14.9. The molecule has 0 radical (unpaired) electrons. The van der Waals surface area contributed by atoms with Crippen molar-refractivity contribution in [3.63, 3.8) is 0 Å². The van der Waals surface area contributed by atoms with Gasteiger partial charge in [0.05, 0.1) is 12.3 Å². The van der Waals surface area contributed by atoms with Gasteiger partial charge in [-0.25, -0.2) is 9.78 Å². The van der Waals surface area contributed by atoms with Crippen LogP contribution in [-0.4, -0.2) is 17.6 Å². The molecule has 1 aromatic carbocycles. The molecule has 3 aromatic rings. The van der Waals surface area contributed by atoms with E-state index in [0.29, 0.717) is 11.5 Å². The van der Waals surface area contributed by atoms with E-state index in [0.717, 1.165) is 28.2 Å². The maximum atomic E-state index is 12.2. The SMILES string of the molecule is Cc1nc(-c2ccsc2)sc1C(=O)OCCc1ccccc1. The van der Waals surface area contributed by atoms with Gasteiger partial charge in [-0.3, -0.25) is 0 Å². The van der Waals surface area contributed by atoms with Crippen LogP contribution in [0.3, 0.4) is 0 Å². The lowest BCUT2D eigenvalue weighted by Crippen LogP contribution is -2.07. The van der Waals surface area contributed by atoms with E-state index < -0.39 is 0 Å². The summed E-state index contributed by atoms with van der Waals surface area (Å²) in [5.74, 6) is -0.285. The monoisotopic (exact) mass is 329 g/mol. The summed E-state index contributed by atoms with van der Waals surface area (Å²) in [4.78, 5) is 17.2. The summed E-state index contributed by atoms with van der Waals surface area (Å²) < 4.78 is 5.38. The van der Waals surface area contributed by atoms with Gasteiger partial charge in [-0.2, -0.15) is 11.3 Å². The van der Waals surface area contributed by atoms with Gasteiger partial charge in [0.2, 0.25) is 0 Å². The second-order valence-electron chi connectivity index (χ2n) is 4.82. The van der Waals surface area contributed by atoms with Crippen LogP contribution in [0.25, 0.3) is 10.6 Å². The molecule has 0 fully saturated rings. The average molecular weight is 329 g/mol. The summed E-state index contributed by atoms with van der Waals surface area (Å²) in [7, 11) is 0. The molecule has 5 heteroatoms. The summed E-state index contributed by atoms with van der Waals surface area (Å²) >= 11 is 3.01. The molecular weight excluding hydrogens is 314 g/mol. The highest BCUT2D eigenvalue weighted by molar-refractivity contribution is 7.17. The standard InChI is InChI=1S/C17H15NO2S2/c1-12-15(22-16(18-12)14-8-10-21-11-14)17(19)20-9-7-13-5-3-2-4-6-13/h2-6,8,10-11H,7,9H2,1H3. The zero-order valence-electron chi connectivity index (χ0n) is 12.1. The van der Waals surface area contributed by atoms with Crippen LogP contribution in [0.15, 0.2) is 47.2 Å². The zero-order valence-corrected chi connectivity index (χ0v) is 13.7. The first-order valence-electron chi connectivity index (χ1n) is 6.95. The molecule has 0 bridgehead atoms. The van der Waals surface area contributed by atoms with Crippen LogP contribution in [0, 0.1) is 6.92 Å². The number of thiazole rings is 1. The molecule has 0 aliphatic rings. The molecule has 3 nitrogen and oxygen atoms in total. The number of aryl methyl sites for hydroxylation is 1. The molecule has 22 heavy (non-hydrogen) atoms. The Kier molecular flexibility index (Phi) is 4.65. The lowest BCUT2D eigenvalue weighted by molar-refractivity contribution is 0.0514. The minimum Gasteiger partial charge on any atom is -0.461 e. The fraction of sp³-hybridized carbons (Fsp3) is 0.176. The van der Waals surface area contributed by atoms with E-state index in [2.05, 4.69) is 4.98 Å². The molecule has 0 amide bonds. The highest BCUT2D eigenvalue weighted by Crippen LogP contribution is 2.29.